The maximum absolute atomic E-state index is 12.8. The largest absolute Gasteiger partial charge is 0.416 e. The van der Waals surface area contributed by atoms with Gasteiger partial charge in [-0.15, -0.1) is 12.4 Å². The number of benzene rings is 1. The van der Waals surface area contributed by atoms with E-state index < -0.39 is 11.7 Å². The molecule has 148 valence electrons. The fourth-order valence-electron chi connectivity index (χ4n) is 2.86. The standard InChI is InChI=1S/C17H25F3N4O.ClH/c1-21-13-16(25)22-6-3-7-23-8-10-24(11-9-23)15-5-2-4-14(12-15)17(18,19)20;/h2,4-5,12,21H,3,6-11,13H2,1H3,(H,22,25);1H. The van der Waals surface area contributed by atoms with Crippen LogP contribution in [0.1, 0.15) is 12.0 Å². The first-order valence-corrected chi connectivity index (χ1v) is 8.46. The summed E-state index contributed by atoms with van der Waals surface area (Å²) in [5.41, 5.74) is 0.0125. The molecule has 1 aliphatic heterocycles. The highest BCUT2D eigenvalue weighted by molar-refractivity contribution is 5.85. The van der Waals surface area contributed by atoms with E-state index in [0.29, 0.717) is 31.9 Å². The molecule has 2 rings (SSSR count). The molecule has 0 aliphatic carbocycles. The van der Waals surface area contributed by atoms with E-state index in [1.54, 1.807) is 13.1 Å². The second-order valence-corrected chi connectivity index (χ2v) is 6.11. The number of hydrogen-bond acceptors (Lipinski definition) is 4. The number of carbonyl (C=O) groups excluding carboxylic acids is 1. The molecule has 0 spiro atoms. The molecule has 1 fully saturated rings. The molecule has 1 amide bonds. The summed E-state index contributed by atoms with van der Waals surface area (Å²) in [6, 6.07) is 5.50. The first-order valence-electron chi connectivity index (χ1n) is 8.46. The highest BCUT2D eigenvalue weighted by atomic mass is 35.5. The highest BCUT2D eigenvalue weighted by Gasteiger charge is 2.31. The monoisotopic (exact) mass is 394 g/mol. The Morgan fingerprint density at radius 1 is 1.19 bits per heavy atom. The molecule has 1 aromatic carbocycles. The summed E-state index contributed by atoms with van der Waals surface area (Å²) in [5.74, 6) is -0.0168. The molecule has 2 N–H and O–H groups in total. The lowest BCUT2D eigenvalue weighted by Crippen LogP contribution is -2.47. The fourth-order valence-corrected chi connectivity index (χ4v) is 2.86. The van der Waals surface area contributed by atoms with Crippen LogP contribution >= 0.6 is 12.4 Å². The van der Waals surface area contributed by atoms with E-state index in [4.69, 9.17) is 0 Å². The smallest absolute Gasteiger partial charge is 0.369 e. The van der Waals surface area contributed by atoms with Crippen LogP contribution in [0.5, 0.6) is 0 Å². The third-order valence-corrected chi connectivity index (χ3v) is 4.22. The van der Waals surface area contributed by atoms with Crippen molar-refractivity contribution in [3.8, 4) is 0 Å². The Labute approximate surface area is 158 Å². The molecule has 9 heteroatoms. The number of nitrogens with zero attached hydrogens (tertiary/aromatic N) is 2. The van der Waals surface area contributed by atoms with Gasteiger partial charge in [-0.3, -0.25) is 9.69 Å². The molecular formula is C17H26ClF3N4O. The second kappa shape index (κ2) is 10.6. The van der Waals surface area contributed by atoms with Crippen LogP contribution in [0.3, 0.4) is 0 Å². The van der Waals surface area contributed by atoms with Crippen molar-refractivity contribution in [1.82, 2.24) is 15.5 Å². The minimum absolute atomic E-state index is 0. The van der Waals surface area contributed by atoms with Crippen LogP contribution in [-0.2, 0) is 11.0 Å². The summed E-state index contributed by atoms with van der Waals surface area (Å²) >= 11 is 0. The van der Waals surface area contributed by atoms with Gasteiger partial charge in [0.1, 0.15) is 0 Å². The Bertz CT molecular complexity index is 563. The topological polar surface area (TPSA) is 47.6 Å². The number of alkyl halides is 3. The van der Waals surface area contributed by atoms with E-state index in [9.17, 15) is 18.0 Å². The summed E-state index contributed by atoms with van der Waals surface area (Å²) in [5, 5.41) is 5.63. The first kappa shape index (κ1) is 22.5. The highest BCUT2D eigenvalue weighted by Crippen LogP contribution is 2.31. The van der Waals surface area contributed by atoms with Crippen molar-refractivity contribution in [2.75, 3.05) is 57.8 Å². The van der Waals surface area contributed by atoms with Gasteiger partial charge in [-0.1, -0.05) is 6.07 Å². The van der Waals surface area contributed by atoms with Gasteiger partial charge in [0, 0.05) is 38.4 Å². The average Bonchev–Trinajstić information content (AvgIpc) is 2.59. The lowest BCUT2D eigenvalue weighted by molar-refractivity contribution is -0.137. The quantitative estimate of drug-likeness (QED) is 0.694. The van der Waals surface area contributed by atoms with Crippen LogP contribution < -0.4 is 15.5 Å². The van der Waals surface area contributed by atoms with E-state index in [1.807, 2.05) is 4.90 Å². The number of hydrogen-bond donors (Lipinski definition) is 2. The molecular weight excluding hydrogens is 369 g/mol. The number of piperazine rings is 1. The van der Waals surface area contributed by atoms with Gasteiger partial charge in [-0.25, -0.2) is 0 Å². The number of nitrogens with one attached hydrogen (secondary N) is 2. The van der Waals surface area contributed by atoms with Gasteiger partial charge in [0.25, 0.3) is 0 Å². The maximum atomic E-state index is 12.8. The normalized spacial score (nSPS) is 15.5. The zero-order valence-corrected chi connectivity index (χ0v) is 15.6. The number of halogens is 4. The van der Waals surface area contributed by atoms with Crippen LogP contribution in [0.2, 0.25) is 0 Å². The molecule has 1 aliphatic rings. The van der Waals surface area contributed by atoms with Crippen LogP contribution in [0, 0.1) is 0 Å². The SMILES string of the molecule is CNCC(=O)NCCCN1CCN(c2cccc(C(F)(F)F)c2)CC1.Cl. The molecule has 0 unspecified atom stereocenters. The van der Waals surface area contributed by atoms with Crippen molar-refractivity contribution >= 4 is 24.0 Å². The third kappa shape index (κ3) is 7.01. The predicted octanol–water partition coefficient (Wildman–Crippen LogP) is 1.97. The lowest BCUT2D eigenvalue weighted by Gasteiger charge is -2.36. The molecule has 1 saturated heterocycles. The fraction of sp³-hybridized carbons (Fsp3) is 0.588. The zero-order valence-electron chi connectivity index (χ0n) is 14.8. The molecule has 1 heterocycles. The average molecular weight is 395 g/mol. The van der Waals surface area contributed by atoms with Crippen molar-refractivity contribution < 1.29 is 18.0 Å². The van der Waals surface area contributed by atoms with Gasteiger partial charge < -0.3 is 15.5 Å². The summed E-state index contributed by atoms with van der Waals surface area (Å²) < 4.78 is 38.4. The Hall–Kier alpha value is -1.51. The van der Waals surface area contributed by atoms with E-state index in [0.717, 1.165) is 32.1 Å². The van der Waals surface area contributed by atoms with Gasteiger partial charge in [-0.2, -0.15) is 13.2 Å². The maximum Gasteiger partial charge on any atom is 0.416 e. The Kier molecular flexibility index (Phi) is 9.18. The molecule has 0 atom stereocenters. The van der Waals surface area contributed by atoms with Crippen molar-refractivity contribution in [3.63, 3.8) is 0 Å². The second-order valence-electron chi connectivity index (χ2n) is 6.11. The molecule has 0 aromatic heterocycles. The molecule has 5 nitrogen and oxygen atoms in total. The Morgan fingerprint density at radius 3 is 2.50 bits per heavy atom. The van der Waals surface area contributed by atoms with Crippen LogP contribution in [0.25, 0.3) is 0 Å². The zero-order chi connectivity index (χ0) is 18.3. The van der Waals surface area contributed by atoms with Crippen molar-refractivity contribution in [2.45, 2.75) is 12.6 Å². The molecule has 26 heavy (non-hydrogen) atoms. The minimum atomic E-state index is -4.31. The van der Waals surface area contributed by atoms with Gasteiger partial charge >= 0.3 is 6.18 Å². The van der Waals surface area contributed by atoms with Crippen molar-refractivity contribution in [2.24, 2.45) is 0 Å². The predicted molar refractivity (Wildman–Crippen MR) is 98.9 cm³/mol. The summed E-state index contributed by atoms with van der Waals surface area (Å²) in [7, 11) is 1.73. The van der Waals surface area contributed by atoms with Crippen LogP contribution in [0.4, 0.5) is 18.9 Å². The van der Waals surface area contributed by atoms with E-state index in [1.165, 1.54) is 12.1 Å². The number of likely N-dealkylation sites (N-methyl/N-ethyl adjacent to an activating group) is 1. The minimum Gasteiger partial charge on any atom is -0.369 e. The van der Waals surface area contributed by atoms with Gasteiger partial charge in [-0.05, 0) is 38.2 Å². The van der Waals surface area contributed by atoms with Crippen molar-refractivity contribution in [3.05, 3.63) is 29.8 Å². The molecule has 0 saturated carbocycles. The molecule has 0 radical (unpaired) electrons. The molecule has 0 bridgehead atoms. The Balaban J connectivity index is 0.00000338. The third-order valence-electron chi connectivity index (χ3n) is 4.22. The van der Waals surface area contributed by atoms with Gasteiger partial charge in [0.2, 0.25) is 5.91 Å². The van der Waals surface area contributed by atoms with E-state index in [2.05, 4.69) is 15.5 Å². The van der Waals surface area contributed by atoms with E-state index >= 15 is 0 Å². The lowest BCUT2D eigenvalue weighted by atomic mass is 10.1. The van der Waals surface area contributed by atoms with Gasteiger partial charge in [0.05, 0.1) is 12.1 Å². The van der Waals surface area contributed by atoms with Gasteiger partial charge in [0.15, 0.2) is 0 Å². The summed E-state index contributed by atoms with van der Waals surface area (Å²) in [4.78, 5) is 15.6. The van der Waals surface area contributed by atoms with Crippen LogP contribution in [-0.4, -0.2) is 63.7 Å². The number of carbonyl (C=O) groups is 1. The van der Waals surface area contributed by atoms with Crippen molar-refractivity contribution in [1.29, 1.82) is 0 Å². The number of anilines is 1. The van der Waals surface area contributed by atoms with Crippen LogP contribution in [0.15, 0.2) is 24.3 Å². The Morgan fingerprint density at radius 2 is 1.88 bits per heavy atom. The first-order chi connectivity index (χ1) is 11.9. The number of rotatable bonds is 7. The summed E-state index contributed by atoms with van der Waals surface area (Å²) in [6.07, 6.45) is -3.45. The molecule has 1 aromatic rings. The van der Waals surface area contributed by atoms with E-state index in [-0.39, 0.29) is 18.3 Å². The number of amides is 1. The summed E-state index contributed by atoms with van der Waals surface area (Å²) in [6.45, 7) is 4.84.